The molecule has 1 amide bonds. The predicted molar refractivity (Wildman–Crippen MR) is 74.6 cm³/mol. The van der Waals surface area contributed by atoms with E-state index >= 15 is 0 Å². The SMILES string of the molecule is C=CCN(CC=C)C(=O)c1cccc2[nH]ccc12. The lowest BCUT2D eigenvalue weighted by Gasteiger charge is -2.19. The number of nitrogens with one attached hydrogen (secondary N) is 1. The Morgan fingerprint density at radius 2 is 1.94 bits per heavy atom. The molecule has 3 heteroatoms. The van der Waals surface area contributed by atoms with E-state index < -0.39 is 0 Å². The third-order valence-corrected chi connectivity index (χ3v) is 2.81. The number of aromatic nitrogens is 1. The Morgan fingerprint density at radius 1 is 1.22 bits per heavy atom. The largest absolute Gasteiger partial charge is 0.361 e. The summed E-state index contributed by atoms with van der Waals surface area (Å²) in [5.41, 5.74) is 1.68. The first-order valence-corrected chi connectivity index (χ1v) is 5.85. The van der Waals surface area contributed by atoms with Gasteiger partial charge in [0, 0.05) is 35.8 Å². The van der Waals surface area contributed by atoms with E-state index in [1.807, 2.05) is 30.5 Å². The van der Waals surface area contributed by atoms with Gasteiger partial charge in [0.15, 0.2) is 0 Å². The van der Waals surface area contributed by atoms with Gasteiger partial charge in [-0.25, -0.2) is 0 Å². The van der Waals surface area contributed by atoms with Gasteiger partial charge < -0.3 is 9.88 Å². The number of H-pyrrole nitrogens is 1. The first-order valence-electron chi connectivity index (χ1n) is 5.85. The van der Waals surface area contributed by atoms with Crippen LogP contribution in [0.5, 0.6) is 0 Å². The van der Waals surface area contributed by atoms with E-state index in [1.54, 1.807) is 17.1 Å². The van der Waals surface area contributed by atoms with Crippen molar-refractivity contribution in [3.8, 4) is 0 Å². The van der Waals surface area contributed by atoms with Crippen LogP contribution in [0.4, 0.5) is 0 Å². The summed E-state index contributed by atoms with van der Waals surface area (Å²) < 4.78 is 0. The van der Waals surface area contributed by atoms with Gasteiger partial charge in [0.25, 0.3) is 5.91 Å². The molecule has 2 rings (SSSR count). The van der Waals surface area contributed by atoms with Crippen molar-refractivity contribution in [3.05, 3.63) is 61.3 Å². The van der Waals surface area contributed by atoms with Gasteiger partial charge in [0.2, 0.25) is 0 Å². The van der Waals surface area contributed by atoms with Crippen LogP contribution in [0, 0.1) is 0 Å². The van der Waals surface area contributed by atoms with Crippen LogP contribution in [0.1, 0.15) is 10.4 Å². The van der Waals surface area contributed by atoms with Crippen molar-refractivity contribution in [2.75, 3.05) is 13.1 Å². The Hall–Kier alpha value is -2.29. The number of amides is 1. The molecule has 0 aliphatic carbocycles. The molecule has 1 aromatic carbocycles. The molecule has 0 aliphatic rings. The van der Waals surface area contributed by atoms with Gasteiger partial charge in [0.1, 0.15) is 0 Å². The smallest absolute Gasteiger partial charge is 0.255 e. The van der Waals surface area contributed by atoms with Gasteiger partial charge in [0.05, 0.1) is 0 Å². The Bertz CT molecular complexity index is 573. The van der Waals surface area contributed by atoms with Crippen LogP contribution in [0.3, 0.4) is 0 Å². The van der Waals surface area contributed by atoms with Crippen molar-refractivity contribution in [1.29, 1.82) is 0 Å². The fourth-order valence-corrected chi connectivity index (χ4v) is 1.99. The number of nitrogens with zero attached hydrogens (tertiary/aromatic N) is 1. The molecule has 1 N–H and O–H groups in total. The summed E-state index contributed by atoms with van der Waals surface area (Å²) in [7, 11) is 0. The molecular formula is C15H16N2O. The summed E-state index contributed by atoms with van der Waals surface area (Å²) in [6.45, 7) is 8.39. The van der Waals surface area contributed by atoms with Crippen LogP contribution in [-0.2, 0) is 0 Å². The van der Waals surface area contributed by atoms with Crippen molar-refractivity contribution in [1.82, 2.24) is 9.88 Å². The molecule has 0 atom stereocenters. The highest BCUT2D eigenvalue weighted by Gasteiger charge is 2.16. The molecule has 1 heterocycles. The molecule has 0 saturated carbocycles. The average Bonchev–Trinajstić information content (AvgIpc) is 2.85. The monoisotopic (exact) mass is 240 g/mol. The van der Waals surface area contributed by atoms with Gasteiger partial charge in [-0.2, -0.15) is 0 Å². The van der Waals surface area contributed by atoms with Crippen molar-refractivity contribution < 1.29 is 4.79 Å². The number of hydrogen-bond donors (Lipinski definition) is 1. The van der Waals surface area contributed by atoms with Crippen LogP contribution < -0.4 is 0 Å². The van der Waals surface area contributed by atoms with E-state index in [1.165, 1.54) is 0 Å². The number of aromatic amines is 1. The third kappa shape index (κ3) is 2.20. The summed E-state index contributed by atoms with van der Waals surface area (Å²) in [5.74, 6) is 0.000000000000000222. The minimum absolute atomic E-state index is 0.000000000000000222. The molecular weight excluding hydrogens is 224 g/mol. The minimum atomic E-state index is 0.000000000000000222. The number of benzene rings is 1. The highest BCUT2D eigenvalue weighted by atomic mass is 16.2. The fraction of sp³-hybridized carbons (Fsp3) is 0.133. The van der Waals surface area contributed by atoms with Gasteiger partial charge >= 0.3 is 0 Å². The topological polar surface area (TPSA) is 36.1 Å². The molecule has 2 aromatic rings. The summed E-state index contributed by atoms with van der Waals surface area (Å²) in [5, 5.41) is 0.945. The summed E-state index contributed by atoms with van der Waals surface area (Å²) >= 11 is 0. The molecule has 3 nitrogen and oxygen atoms in total. The molecule has 0 radical (unpaired) electrons. The zero-order valence-corrected chi connectivity index (χ0v) is 10.2. The van der Waals surface area contributed by atoms with Crippen molar-refractivity contribution in [2.24, 2.45) is 0 Å². The minimum Gasteiger partial charge on any atom is -0.361 e. The quantitative estimate of drug-likeness (QED) is 0.801. The van der Waals surface area contributed by atoms with Crippen LogP contribution in [0.25, 0.3) is 10.9 Å². The van der Waals surface area contributed by atoms with Crippen LogP contribution in [0.2, 0.25) is 0 Å². The lowest BCUT2D eigenvalue weighted by Crippen LogP contribution is -2.31. The zero-order valence-electron chi connectivity index (χ0n) is 10.2. The van der Waals surface area contributed by atoms with E-state index in [4.69, 9.17) is 0 Å². The molecule has 0 spiro atoms. The molecule has 1 aromatic heterocycles. The normalized spacial score (nSPS) is 10.2. The number of carbonyl (C=O) groups excluding carboxylic acids is 1. The number of fused-ring (bicyclic) bond motifs is 1. The Labute approximate surface area is 106 Å². The van der Waals surface area contributed by atoms with Crippen molar-refractivity contribution >= 4 is 16.8 Å². The second kappa shape index (κ2) is 5.36. The zero-order chi connectivity index (χ0) is 13.0. The van der Waals surface area contributed by atoms with Crippen LogP contribution >= 0.6 is 0 Å². The predicted octanol–water partition coefficient (Wildman–Crippen LogP) is 2.98. The highest BCUT2D eigenvalue weighted by molar-refractivity contribution is 6.06. The summed E-state index contributed by atoms with van der Waals surface area (Å²) in [6, 6.07) is 7.60. The van der Waals surface area contributed by atoms with E-state index in [-0.39, 0.29) is 5.91 Å². The van der Waals surface area contributed by atoms with Gasteiger partial charge in [-0.05, 0) is 18.2 Å². The molecule has 0 saturated heterocycles. The lowest BCUT2D eigenvalue weighted by atomic mass is 10.1. The molecule has 0 bridgehead atoms. The Kier molecular flexibility index (Phi) is 3.63. The van der Waals surface area contributed by atoms with Gasteiger partial charge in [-0.15, -0.1) is 13.2 Å². The number of carbonyl (C=O) groups is 1. The number of hydrogen-bond acceptors (Lipinski definition) is 1. The van der Waals surface area contributed by atoms with E-state index in [0.29, 0.717) is 18.7 Å². The van der Waals surface area contributed by atoms with Crippen LogP contribution in [0.15, 0.2) is 55.8 Å². The third-order valence-electron chi connectivity index (χ3n) is 2.81. The Morgan fingerprint density at radius 3 is 2.61 bits per heavy atom. The maximum atomic E-state index is 12.5. The molecule has 0 unspecified atom stereocenters. The first-order chi connectivity index (χ1) is 8.77. The van der Waals surface area contributed by atoms with E-state index in [9.17, 15) is 4.79 Å². The van der Waals surface area contributed by atoms with Crippen LogP contribution in [-0.4, -0.2) is 28.9 Å². The molecule has 0 fully saturated rings. The van der Waals surface area contributed by atoms with Gasteiger partial charge in [-0.3, -0.25) is 4.79 Å². The molecule has 92 valence electrons. The van der Waals surface area contributed by atoms with E-state index in [2.05, 4.69) is 18.1 Å². The van der Waals surface area contributed by atoms with Gasteiger partial charge in [-0.1, -0.05) is 18.2 Å². The molecule has 18 heavy (non-hydrogen) atoms. The maximum absolute atomic E-state index is 12.5. The second-order valence-corrected chi connectivity index (χ2v) is 4.03. The standard InChI is InChI=1S/C15H16N2O/c1-3-10-17(11-4-2)15(18)13-6-5-7-14-12(13)8-9-16-14/h3-9,16H,1-2,10-11H2. The summed E-state index contributed by atoms with van der Waals surface area (Å²) in [6.07, 6.45) is 5.28. The lowest BCUT2D eigenvalue weighted by molar-refractivity contribution is 0.0793. The Balaban J connectivity index is 2.39. The fourth-order valence-electron chi connectivity index (χ4n) is 1.99. The average molecular weight is 240 g/mol. The van der Waals surface area contributed by atoms with Crippen molar-refractivity contribution in [3.63, 3.8) is 0 Å². The number of rotatable bonds is 5. The van der Waals surface area contributed by atoms with Crippen molar-refractivity contribution in [2.45, 2.75) is 0 Å². The van der Waals surface area contributed by atoms with E-state index in [0.717, 1.165) is 10.9 Å². The first kappa shape index (κ1) is 12.2. The second-order valence-electron chi connectivity index (χ2n) is 4.03. The maximum Gasteiger partial charge on any atom is 0.255 e. The molecule has 0 aliphatic heterocycles. The summed E-state index contributed by atoms with van der Waals surface area (Å²) in [4.78, 5) is 17.3. The highest BCUT2D eigenvalue weighted by Crippen LogP contribution is 2.19.